The molecule has 0 saturated heterocycles. The molecule has 0 heterocycles. The molecule has 0 aliphatic heterocycles. The minimum absolute atomic E-state index is 0.0273. The summed E-state index contributed by atoms with van der Waals surface area (Å²) >= 11 is 0. The molecule has 1 N–H and O–H groups in total. The summed E-state index contributed by atoms with van der Waals surface area (Å²) in [5, 5.41) is 2.61. The zero-order valence-electron chi connectivity index (χ0n) is 13.7. The number of carbonyl (C=O) groups is 3. The normalized spacial score (nSPS) is 13.0. The summed E-state index contributed by atoms with van der Waals surface area (Å²) in [6, 6.07) is 8.09. The Labute approximate surface area is 136 Å². The topological polar surface area (TPSA) is 81.7 Å². The molecule has 1 amide bonds. The maximum absolute atomic E-state index is 12.4. The van der Waals surface area contributed by atoms with E-state index in [-0.39, 0.29) is 18.6 Å². The van der Waals surface area contributed by atoms with Crippen LogP contribution >= 0.6 is 0 Å². The lowest BCUT2D eigenvalue weighted by molar-refractivity contribution is -0.147. The van der Waals surface area contributed by atoms with Crippen molar-refractivity contribution in [3.8, 4) is 0 Å². The molecule has 0 unspecified atom stereocenters. The number of hydrogen-bond donors (Lipinski definition) is 1. The van der Waals surface area contributed by atoms with Crippen molar-refractivity contribution in [2.45, 2.75) is 38.3 Å². The Kier molecular flexibility index (Phi) is 7.97. The fourth-order valence-electron chi connectivity index (χ4n) is 2.14. The van der Waals surface area contributed by atoms with Crippen LogP contribution in [0.4, 0.5) is 0 Å². The van der Waals surface area contributed by atoms with Gasteiger partial charge in [0, 0.05) is 20.0 Å². The molecule has 1 aromatic carbocycles. The van der Waals surface area contributed by atoms with E-state index in [1.165, 1.54) is 14.2 Å². The minimum atomic E-state index is -0.871. The molecular weight excluding hydrogens is 298 g/mol. The third-order valence-electron chi connectivity index (χ3n) is 3.48. The van der Waals surface area contributed by atoms with E-state index in [4.69, 9.17) is 9.47 Å². The average molecular weight is 321 g/mol. The van der Waals surface area contributed by atoms with Crippen LogP contribution in [0.2, 0.25) is 0 Å². The van der Waals surface area contributed by atoms with Crippen LogP contribution in [0.3, 0.4) is 0 Å². The molecule has 2 atom stereocenters. The Balaban J connectivity index is 2.78. The van der Waals surface area contributed by atoms with E-state index >= 15 is 0 Å². The average Bonchev–Trinajstić information content (AvgIpc) is 2.59. The SMILES string of the molecule is CCC(=O)CC[C@@H](NC(=O)[C@H](OC)c1ccccc1)C(=O)OC. The first-order valence-electron chi connectivity index (χ1n) is 7.51. The molecule has 6 nitrogen and oxygen atoms in total. The Morgan fingerprint density at radius 2 is 1.78 bits per heavy atom. The van der Waals surface area contributed by atoms with Crippen molar-refractivity contribution >= 4 is 17.7 Å². The standard InChI is InChI=1S/C17H23NO5/c1-4-13(19)10-11-14(17(21)23-3)18-16(20)15(22-2)12-8-6-5-7-9-12/h5-9,14-15H,4,10-11H2,1-3H3,(H,18,20)/t14-,15-/m1/s1. The van der Waals surface area contributed by atoms with Gasteiger partial charge in [-0.05, 0) is 12.0 Å². The van der Waals surface area contributed by atoms with Crippen molar-refractivity contribution < 1.29 is 23.9 Å². The first-order chi connectivity index (χ1) is 11.0. The Morgan fingerprint density at radius 1 is 1.13 bits per heavy atom. The second-order valence-corrected chi connectivity index (χ2v) is 5.04. The van der Waals surface area contributed by atoms with Crippen LogP contribution in [0.5, 0.6) is 0 Å². The summed E-state index contributed by atoms with van der Waals surface area (Å²) in [7, 11) is 2.67. The Hall–Kier alpha value is -2.21. The van der Waals surface area contributed by atoms with Crippen LogP contribution in [0.1, 0.15) is 37.9 Å². The van der Waals surface area contributed by atoms with E-state index in [1.54, 1.807) is 31.2 Å². The van der Waals surface area contributed by atoms with Gasteiger partial charge in [0.1, 0.15) is 11.8 Å². The highest BCUT2D eigenvalue weighted by molar-refractivity contribution is 5.88. The number of ketones is 1. The number of amides is 1. The predicted molar refractivity (Wildman–Crippen MR) is 84.7 cm³/mol. The molecule has 0 fully saturated rings. The van der Waals surface area contributed by atoms with Crippen molar-refractivity contribution in [3.05, 3.63) is 35.9 Å². The molecule has 0 aliphatic rings. The molecular formula is C17H23NO5. The first kappa shape index (κ1) is 18.8. The zero-order chi connectivity index (χ0) is 17.2. The number of hydrogen-bond acceptors (Lipinski definition) is 5. The molecule has 23 heavy (non-hydrogen) atoms. The van der Waals surface area contributed by atoms with Crippen molar-refractivity contribution in [2.24, 2.45) is 0 Å². The molecule has 1 rings (SSSR count). The Bertz CT molecular complexity index is 529. The number of rotatable bonds is 9. The second-order valence-electron chi connectivity index (χ2n) is 5.04. The number of nitrogens with one attached hydrogen (secondary N) is 1. The molecule has 126 valence electrons. The van der Waals surface area contributed by atoms with E-state index in [2.05, 4.69) is 5.32 Å². The van der Waals surface area contributed by atoms with Gasteiger partial charge >= 0.3 is 5.97 Å². The van der Waals surface area contributed by atoms with Gasteiger partial charge in [-0.3, -0.25) is 9.59 Å². The summed E-state index contributed by atoms with van der Waals surface area (Å²) in [6.45, 7) is 1.75. The molecule has 0 bridgehead atoms. The summed E-state index contributed by atoms with van der Waals surface area (Å²) in [5.74, 6) is -0.997. The van der Waals surface area contributed by atoms with E-state index < -0.39 is 24.0 Å². The number of carbonyl (C=O) groups excluding carboxylic acids is 3. The number of methoxy groups -OCH3 is 2. The van der Waals surface area contributed by atoms with Gasteiger partial charge in [-0.25, -0.2) is 4.79 Å². The fourth-order valence-corrected chi connectivity index (χ4v) is 2.14. The van der Waals surface area contributed by atoms with Crippen molar-refractivity contribution in [3.63, 3.8) is 0 Å². The summed E-state index contributed by atoms with van der Waals surface area (Å²) in [5.41, 5.74) is 0.681. The molecule has 0 saturated carbocycles. The van der Waals surface area contributed by atoms with Gasteiger partial charge in [-0.15, -0.1) is 0 Å². The van der Waals surface area contributed by atoms with Gasteiger partial charge in [0.25, 0.3) is 5.91 Å². The van der Waals surface area contributed by atoms with Gasteiger partial charge in [0.05, 0.1) is 7.11 Å². The first-order valence-corrected chi connectivity index (χ1v) is 7.51. The minimum Gasteiger partial charge on any atom is -0.467 e. The van der Waals surface area contributed by atoms with Crippen molar-refractivity contribution in [1.29, 1.82) is 0 Å². The summed E-state index contributed by atoms with van der Waals surface area (Å²) in [6.07, 6.45) is -0.0206. The molecule has 0 aromatic heterocycles. The molecule has 0 aliphatic carbocycles. The zero-order valence-corrected chi connectivity index (χ0v) is 13.7. The van der Waals surface area contributed by atoms with E-state index in [9.17, 15) is 14.4 Å². The highest BCUT2D eigenvalue weighted by Crippen LogP contribution is 2.17. The van der Waals surface area contributed by atoms with Crippen molar-refractivity contribution in [2.75, 3.05) is 14.2 Å². The monoisotopic (exact) mass is 321 g/mol. The van der Waals surface area contributed by atoms with Crippen LogP contribution in [-0.2, 0) is 23.9 Å². The van der Waals surface area contributed by atoms with Crippen LogP contribution in [0.25, 0.3) is 0 Å². The van der Waals surface area contributed by atoms with Crippen LogP contribution in [0, 0.1) is 0 Å². The third-order valence-corrected chi connectivity index (χ3v) is 3.48. The van der Waals surface area contributed by atoms with Crippen LogP contribution in [-0.4, -0.2) is 37.9 Å². The van der Waals surface area contributed by atoms with Gasteiger partial charge < -0.3 is 14.8 Å². The molecule has 0 spiro atoms. The van der Waals surface area contributed by atoms with Crippen LogP contribution in [0.15, 0.2) is 30.3 Å². The predicted octanol–water partition coefficient (Wildman–Crippen LogP) is 1.79. The van der Waals surface area contributed by atoms with Crippen LogP contribution < -0.4 is 5.32 Å². The van der Waals surface area contributed by atoms with E-state index in [1.807, 2.05) is 6.07 Å². The number of esters is 1. The van der Waals surface area contributed by atoms with Gasteiger partial charge in [0.15, 0.2) is 6.10 Å². The fraction of sp³-hybridized carbons (Fsp3) is 0.471. The van der Waals surface area contributed by atoms with E-state index in [0.29, 0.717) is 12.0 Å². The highest BCUT2D eigenvalue weighted by atomic mass is 16.5. The number of benzene rings is 1. The van der Waals surface area contributed by atoms with Gasteiger partial charge in [-0.1, -0.05) is 37.3 Å². The lowest BCUT2D eigenvalue weighted by atomic mass is 10.1. The number of ether oxygens (including phenoxy) is 2. The molecule has 0 radical (unpaired) electrons. The van der Waals surface area contributed by atoms with E-state index in [0.717, 1.165) is 0 Å². The smallest absolute Gasteiger partial charge is 0.328 e. The lowest BCUT2D eigenvalue weighted by Crippen LogP contribution is -2.44. The van der Waals surface area contributed by atoms with Gasteiger partial charge in [-0.2, -0.15) is 0 Å². The molecule has 6 heteroatoms. The lowest BCUT2D eigenvalue weighted by Gasteiger charge is -2.20. The third kappa shape index (κ3) is 5.83. The summed E-state index contributed by atoms with van der Waals surface area (Å²) < 4.78 is 9.92. The molecule has 1 aromatic rings. The maximum Gasteiger partial charge on any atom is 0.328 e. The Morgan fingerprint density at radius 3 is 2.30 bits per heavy atom. The highest BCUT2D eigenvalue weighted by Gasteiger charge is 2.27. The van der Waals surface area contributed by atoms with Crippen molar-refractivity contribution in [1.82, 2.24) is 5.32 Å². The number of Topliss-reactive ketones (excluding diaryl/α,β-unsaturated/α-hetero) is 1. The maximum atomic E-state index is 12.4. The second kappa shape index (κ2) is 9.74. The largest absolute Gasteiger partial charge is 0.467 e. The van der Waals surface area contributed by atoms with Gasteiger partial charge in [0.2, 0.25) is 0 Å². The quantitative estimate of drug-likeness (QED) is 0.701. The summed E-state index contributed by atoms with van der Waals surface area (Å²) in [4.78, 5) is 35.6.